The summed E-state index contributed by atoms with van der Waals surface area (Å²) in [6.07, 6.45) is 2.78. The van der Waals surface area contributed by atoms with Gasteiger partial charge in [0.2, 0.25) is 0 Å². The molecule has 4 heteroatoms. The van der Waals surface area contributed by atoms with Crippen molar-refractivity contribution in [2.75, 3.05) is 6.54 Å². The summed E-state index contributed by atoms with van der Waals surface area (Å²) < 4.78 is 2.01. The van der Waals surface area contributed by atoms with Crippen molar-refractivity contribution in [2.45, 2.75) is 13.3 Å². The van der Waals surface area contributed by atoms with E-state index in [1.54, 1.807) is 6.07 Å². The quantitative estimate of drug-likeness (QED) is 0.846. The van der Waals surface area contributed by atoms with Crippen LogP contribution in [0.15, 0.2) is 18.3 Å². The number of benzene rings is 1. The van der Waals surface area contributed by atoms with Gasteiger partial charge in [-0.15, -0.1) is 0 Å². The van der Waals surface area contributed by atoms with Gasteiger partial charge in [-0.2, -0.15) is 0 Å². The van der Waals surface area contributed by atoms with Crippen LogP contribution in [-0.4, -0.2) is 22.2 Å². The molecule has 90 valence electrons. The maximum atomic E-state index is 11.1. The van der Waals surface area contributed by atoms with Gasteiger partial charge in [0.25, 0.3) is 0 Å². The van der Waals surface area contributed by atoms with Crippen LogP contribution in [0.4, 0.5) is 0 Å². The van der Waals surface area contributed by atoms with E-state index in [-0.39, 0.29) is 0 Å². The molecule has 0 atom stereocenters. The Morgan fingerprint density at radius 1 is 1.47 bits per heavy atom. The van der Waals surface area contributed by atoms with Crippen LogP contribution >= 0.6 is 0 Å². The number of aryl methyl sites for hydroxylation is 2. The average Bonchev–Trinajstić information content (AvgIpc) is 2.55. The Bertz CT molecular complexity index is 585. The third kappa shape index (κ3) is 1.91. The summed E-state index contributed by atoms with van der Waals surface area (Å²) >= 11 is 0. The van der Waals surface area contributed by atoms with E-state index in [4.69, 9.17) is 10.8 Å². The molecule has 1 heterocycles. The van der Waals surface area contributed by atoms with Gasteiger partial charge in [0.05, 0.1) is 5.56 Å². The molecule has 1 aromatic heterocycles. The van der Waals surface area contributed by atoms with Crippen LogP contribution in [0.5, 0.6) is 0 Å². The fourth-order valence-electron chi connectivity index (χ4n) is 2.20. The van der Waals surface area contributed by atoms with Crippen molar-refractivity contribution in [2.24, 2.45) is 12.8 Å². The molecule has 0 spiro atoms. The second kappa shape index (κ2) is 4.22. The van der Waals surface area contributed by atoms with Gasteiger partial charge in [-0.25, -0.2) is 4.79 Å². The zero-order valence-corrected chi connectivity index (χ0v) is 10.0. The number of aromatic carboxylic acids is 1. The molecular weight excluding hydrogens is 216 g/mol. The number of carbonyl (C=O) groups is 1. The highest BCUT2D eigenvalue weighted by molar-refractivity contribution is 5.96. The van der Waals surface area contributed by atoms with Crippen LogP contribution in [0.1, 0.15) is 21.5 Å². The lowest BCUT2D eigenvalue weighted by molar-refractivity contribution is 0.0696. The number of fused-ring (bicyclic) bond motifs is 1. The first-order valence-corrected chi connectivity index (χ1v) is 5.56. The predicted octanol–water partition coefficient (Wildman–Crippen LogP) is 1.69. The minimum atomic E-state index is -0.882. The first-order valence-electron chi connectivity index (χ1n) is 5.56. The van der Waals surface area contributed by atoms with Crippen LogP contribution in [0.25, 0.3) is 10.9 Å². The molecule has 0 aliphatic carbocycles. The topological polar surface area (TPSA) is 68.2 Å². The summed E-state index contributed by atoms with van der Waals surface area (Å²) in [5.41, 5.74) is 8.86. The molecule has 1 aromatic carbocycles. The molecule has 0 bridgehead atoms. The van der Waals surface area contributed by atoms with Gasteiger partial charge >= 0.3 is 5.97 Å². The Balaban J connectivity index is 2.72. The molecule has 2 rings (SSSR count). The summed E-state index contributed by atoms with van der Waals surface area (Å²) in [4.78, 5) is 11.1. The van der Waals surface area contributed by atoms with Gasteiger partial charge in [-0.3, -0.25) is 0 Å². The van der Waals surface area contributed by atoms with Gasteiger partial charge in [-0.1, -0.05) is 0 Å². The number of nitrogens with zero attached hydrogens (tertiary/aromatic N) is 1. The smallest absolute Gasteiger partial charge is 0.335 e. The lowest BCUT2D eigenvalue weighted by Crippen LogP contribution is -2.03. The van der Waals surface area contributed by atoms with Gasteiger partial charge < -0.3 is 15.4 Å². The molecule has 0 saturated heterocycles. The van der Waals surface area contributed by atoms with E-state index in [9.17, 15) is 4.79 Å². The highest BCUT2D eigenvalue weighted by Gasteiger charge is 2.13. The first kappa shape index (κ1) is 11.7. The van der Waals surface area contributed by atoms with E-state index < -0.39 is 5.97 Å². The standard InChI is InChI=1S/C13H16N2O2/c1-8-5-12-11(6-10(8)13(16)17)9(3-4-14)7-15(12)2/h5-7H,3-4,14H2,1-2H3,(H,16,17). The summed E-state index contributed by atoms with van der Waals surface area (Å²) in [5, 5.41) is 10.1. The van der Waals surface area contributed by atoms with Crippen molar-refractivity contribution in [3.8, 4) is 0 Å². The van der Waals surface area contributed by atoms with Crippen LogP contribution < -0.4 is 5.73 Å². The minimum Gasteiger partial charge on any atom is -0.478 e. The Morgan fingerprint density at radius 3 is 2.76 bits per heavy atom. The Labute approximate surface area is 99.7 Å². The molecule has 0 unspecified atom stereocenters. The molecule has 3 N–H and O–H groups in total. The van der Waals surface area contributed by atoms with Crippen molar-refractivity contribution < 1.29 is 9.90 Å². The number of rotatable bonds is 3. The van der Waals surface area contributed by atoms with E-state index in [1.807, 2.05) is 30.8 Å². The third-order valence-corrected chi connectivity index (χ3v) is 3.06. The first-order chi connectivity index (χ1) is 8.04. The summed E-state index contributed by atoms with van der Waals surface area (Å²) in [6.45, 7) is 2.38. The molecule has 0 aliphatic rings. The molecule has 0 saturated carbocycles. The van der Waals surface area contributed by atoms with Gasteiger partial charge in [0.15, 0.2) is 0 Å². The molecule has 0 radical (unpaired) electrons. The second-order valence-corrected chi connectivity index (χ2v) is 4.29. The normalized spacial score (nSPS) is 11.0. The molecule has 2 aromatic rings. The van der Waals surface area contributed by atoms with Crippen LogP contribution in [0.2, 0.25) is 0 Å². The van der Waals surface area contributed by atoms with E-state index in [0.29, 0.717) is 12.1 Å². The zero-order chi connectivity index (χ0) is 12.6. The Morgan fingerprint density at radius 2 is 2.18 bits per heavy atom. The molecule has 4 nitrogen and oxygen atoms in total. The molecule has 0 fully saturated rings. The van der Waals surface area contributed by atoms with Crippen molar-refractivity contribution in [3.05, 3.63) is 35.0 Å². The number of aromatic nitrogens is 1. The lowest BCUT2D eigenvalue weighted by Gasteiger charge is -2.03. The fraction of sp³-hybridized carbons (Fsp3) is 0.308. The van der Waals surface area contributed by atoms with Crippen LogP contribution in [0, 0.1) is 6.92 Å². The number of hydrogen-bond donors (Lipinski definition) is 2. The van der Waals surface area contributed by atoms with Crippen molar-refractivity contribution in [3.63, 3.8) is 0 Å². The van der Waals surface area contributed by atoms with Gasteiger partial charge in [-0.05, 0) is 43.1 Å². The summed E-state index contributed by atoms with van der Waals surface area (Å²) in [5.74, 6) is -0.882. The number of carboxylic acid groups (broad SMARTS) is 1. The second-order valence-electron chi connectivity index (χ2n) is 4.29. The lowest BCUT2D eigenvalue weighted by atomic mass is 10.0. The molecule has 0 aliphatic heterocycles. The monoisotopic (exact) mass is 232 g/mol. The minimum absolute atomic E-state index is 0.363. The average molecular weight is 232 g/mol. The van der Waals surface area contributed by atoms with Gasteiger partial charge in [0.1, 0.15) is 0 Å². The van der Waals surface area contributed by atoms with E-state index in [2.05, 4.69) is 0 Å². The largest absolute Gasteiger partial charge is 0.478 e. The predicted molar refractivity (Wildman–Crippen MR) is 67.4 cm³/mol. The summed E-state index contributed by atoms with van der Waals surface area (Å²) in [7, 11) is 1.96. The SMILES string of the molecule is Cc1cc2c(cc1C(=O)O)c(CCN)cn2C. The van der Waals surface area contributed by atoms with E-state index in [1.165, 1.54) is 0 Å². The number of hydrogen-bond acceptors (Lipinski definition) is 2. The van der Waals surface area contributed by atoms with E-state index in [0.717, 1.165) is 28.5 Å². The van der Waals surface area contributed by atoms with Crippen molar-refractivity contribution in [1.29, 1.82) is 0 Å². The molecule has 0 amide bonds. The molecular formula is C13H16N2O2. The third-order valence-electron chi connectivity index (χ3n) is 3.06. The highest BCUT2D eigenvalue weighted by atomic mass is 16.4. The summed E-state index contributed by atoms with van der Waals surface area (Å²) in [6, 6.07) is 3.66. The highest BCUT2D eigenvalue weighted by Crippen LogP contribution is 2.25. The maximum Gasteiger partial charge on any atom is 0.335 e. The van der Waals surface area contributed by atoms with Gasteiger partial charge in [0, 0.05) is 24.1 Å². The van der Waals surface area contributed by atoms with Crippen molar-refractivity contribution >= 4 is 16.9 Å². The van der Waals surface area contributed by atoms with Crippen LogP contribution in [-0.2, 0) is 13.5 Å². The Kier molecular flexibility index (Phi) is 2.90. The maximum absolute atomic E-state index is 11.1. The van der Waals surface area contributed by atoms with Crippen LogP contribution in [0.3, 0.4) is 0 Å². The number of nitrogens with two attached hydrogens (primary N) is 1. The fourth-order valence-corrected chi connectivity index (χ4v) is 2.20. The molecule has 17 heavy (non-hydrogen) atoms. The zero-order valence-electron chi connectivity index (χ0n) is 10.0. The van der Waals surface area contributed by atoms with Crippen molar-refractivity contribution in [1.82, 2.24) is 4.57 Å². The Hall–Kier alpha value is -1.81. The number of carboxylic acids is 1. The van der Waals surface area contributed by atoms with E-state index >= 15 is 0 Å².